The molecule has 1 aromatic carbocycles. The van der Waals surface area contributed by atoms with Crippen LogP contribution in [-0.2, 0) is 6.54 Å². The Morgan fingerprint density at radius 3 is 2.42 bits per heavy atom. The number of benzene rings is 1. The molecule has 1 rings (SSSR count). The Balaban J connectivity index is 3.40. The second kappa shape index (κ2) is 3.81. The molecule has 0 aromatic heterocycles. The normalized spacial score (nSPS) is 10.4. The summed E-state index contributed by atoms with van der Waals surface area (Å²) in [7, 11) is 0. The number of hydrogen-bond donors (Lipinski definition) is 1. The third-order valence-corrected chi connectivity index (χ3v) is 2.82. The standard InChI is InChI=1S/C7H5Br2F2N/c8-4-1-5(10)3(2-12)6(9)7(4)11/h1H,2,12H2. The van der Waals surface area contributed by atoms with E-state index < -0.39 is 11.6 Å². The Hall–Kier alpha value is -0.0000000000000000555. The maximum atomic E-state index is 13.0. The Bertz CT molecular complexity index is 315. The first-order valence-corrected chi connectivity index (χ1v) is 4.68. The second-order valence-corrected chi connectivity index (χ2v) is 3.80. The van der Waals surface area contributed by atoms with E-state index in [1.165, 1.54) is 0 Å². The van der Waals surface area contributed by atoms with Crippen LogP contribution in [0.2, 0.25) is 0 Å². The van der Waals surface area contributed by atoms with Crippen LogP contribution >= 0.6 is 31.9 Å². The number of rotatable bonds is 1. The molecule has 0 aliphatic rings. The third-order valence-electron chi connectivity index (χ3n) is 1.41. The fourth-order valence-corrected chi connectivity index (χ4v) is 2.02. The summed E-state index contributed by atoms with van der Waals surface area (Å²) in [4.78, 5) is 0. The van der Waals surface area contributed by atoms with E-state index in [-0.39, 0.29) is 21.1 Å². The van der Waals surface area contributed by atoms with E-state index in [1.54, 1.807) is 0 Å². The van der Waals surface area contributed by atoms with E-state index in [9.17, 15) is 8.78 Å². The van der Waals surface area contributed by atoms with Crippen LogP contribution in [0.15, 0.2) is 15.0 Å². The zero-order valence-corrected chi connectivity index (χ0v) is 9.05. The Kier molecular flexibility index (Phi) is 3.20. The summed E-state index contributed by atoms with van der Waals surface area (Å²) in [5.41, 5.74) is 5.37. The van der Waals surface area contributed by atoms with Crippen LogP contribution in [-0.4, -0.2) is 0 Å². The van der Waals surface area contributed by atoms with Gasteiger partial charge >= 0.3 is 0 Å². The summed E-state index contributed by atoms with van der Waals surface area (Å²) >= 11 is 5.79. The van der Waals surface area contributed by atoms with Gasteiger partial charge in [-0.25, -0.2) is 8.78 Å². The first-order chi connectivity index (χ1) is 5.57. The van der Waals surface area contributed by atoms with Crippen molar-refractivity contribution < 1.29 is 8.78 Å². The van der Waals surface area contributed by atoms with Crippen molar-refractivity contribution in [2.24, 2.45) is 5.73 Å². The summed E-state index contributed by atoms with van der Waals surface area (Å²) in [6, 6.07) is 1.06. The summed E-state index contributed by atoms with van der Waals surface area (Å²) in [5.74, 6) is -1.05. The van der Waals surface area contributed by atoms with Crippen LogP contribution in [0, 0.1) is 11.6 Å². The SMILES string of the molecule is NCc1c(F)cc(Br)c(F)c1Br. The molecule has 0 spiro atoms. The molecule has 2 N–H and O–H groups in total. The quantitative estimate of drug-likeness (QED) is 0.626. The van der Waals surface area contributed by atoms with Crippen LogP contribution in [0.25, 0.3) is 0 Å². The van der Waals surface area contributed by atoms with Crippen molar-refractivity contribution in [1.29, 1.82) is 0 Å². The minimum absolute atomic E-state index is 0.0311. The monoisotopic (exact) mass is 299 g/mol. The van der Waals surface area contributed by atoms with Gasteiger partial charge in [-0.15, -0.1) is 0 Å². The molecule has 1 nitrogen and oxygen atoms in total. The molecule has 5 heteroatoms. The largest absolute Gasteiger partial charge is 0.326 e. The van der Waals surface area contributed by atoms with Gasteiger partial charge in [0.1, 0.15) is 5.82 Å². The second-order valence-electron chi connectivity index (χ2n) is 2.15. The van der Waals surface area contributed by atoms with Gasteiger partial charge in [0, 0.05) is 12.1 Å². The van der Waals surface area contributed by atoms with Crippen LogP contribution in [0.5, 0.6) is 0 Å². The first kappa shape index (κ1) is 10.1. The highest BCUT2D eigenvalue weighted by molar-refractivity contribution is 9.11. The zero-order valence-electron chi connectivity index (χ0n) is 5.87. The molecule has 0 aliphatic heterocycles. The van der Waals surface area contributed by atoms with E-state index in [0.717, 1.165) is 6.07 Å². The molecule has 0 bridgehead atoms. The molecule has 0 unspecified atom stereocenters. The van der Waals surface area contributed by atoms with Crippen molar-refractivity contribution in [1.82, 2.24) is 0 Å². The van der Waals surface area contributed by atoms with Crippen molar-refractivity contribution in [2.75, 3.05) is 0 Å². The molecule has 0 amide bonds. The smallest absolute Gasteiger partial charge is 0.152 e. The average molecular weight is 301 g/mol. The Morgan fingerprint density at radius 2 is 1.92 bits per heavy atom. The van der Waals surface area contributed by atoms with Gasteiger partial charge in [0.05, 0.1) is 8.95 Å². The van der Waals surface area contributed by atoms with Crippen molar-refractivity contribution in [3.8, 4) is 0 Å². The van der Waals surface area contributed by atoms with Gasteiger partial charge in [-0.3, -0.25) is 0 Å². The predicted molar refractivity (Wildman–Crippen MR) is 49.6 cm³/mol. The molecule has 0 aliphatic carbocycles. The lowest BCUT2D eigenvalue weighted by atomic mass is 10.2. The van der Waals surface area contributed by atoms with Gasteiger partial charge in [0.25, 0.3) is 0 Å². The molecule has 0 radical (unpaired) electrons. The molecular weight excluding hydrogens is 296 g/mol. The number of nitrogens with two attached hydrogens (primary N) is 1. The lowest BCUT2D eigenvalue weighted by molar-refractivity contribution is 0.574. The highest BCUT2D eigenvalue weighted by Gasteiger charge is 2.13. The van der Waals surface area contributed by atoms with E-state index in [4.69, 9.17) is 5.73 Å². The van der Waals surface area contributed by atoms with Gasteiger partial charge < -0.3 is 5.73 Å². The summed E-state index contributed by atoms with van der Waals surface area (Å²) in [5, 5.41) is 0. The van der Waals surface area contributed by atoms with Crippen molar-refractivity contribution in [3.63, 3.8) is 0 Å². The van der Waals surface area contributed by atoms with E-state index in [2.05, 4.69) is 31.9 Å². The zero-order chi connectivity index (χ0) is 9.30. The number of hydrogen-bond acceptors (Lipinski definition) is 1. The molecule has 0 saturated carbocycles. The minimum Gasteiger partial charge on any atom is -0.326 e. The van der Waals surface area contributed by atoms with E-state index in [0.29, 0.717) is 0 Å². The summed E-state index contributed by atoms with van der Waals surface area (Å²) in [6.45, 7) is -0.0311. The highest BCUT2D eigenvalue weighted by Crippen LogP contribution is 2.29. The molecule has 0 fully saturated rings. The number of halogens is 4. The minimum atomic E-state index is -0.531. The van der Waals surface area contributed by atoms with Crippen molar-refractivity contribution in [3.05, 3.63) is 32.2 Å². The van der Waals surface area contributed by atoms with Crippen molar-refractivity contribution >= 4 is 31.9 Å². The van der Waals surface area contributed by atoms with E-state index >= 15 is 0 Å². The van der Waals surface area contributed by atoms with Gasteiger partial charge in [-0.05, 0) is 37.9 Å². The fourth-order valence-electron chi connectivity index (χ4n) is 0.791. The van der Waals surface area contributed by atoms with Crippen LogP contribution in [0.1, 0.15) is 5.56 Å². The molecule has 0 atom stereocenters. The molecular formula is C7H5Br2F2N. The van der Waals surface area contributed by atoms with Crippen LogP contribution < -0.4 is 5.73 Å². The highest BCUT2D eigenvalue weighted by atomic mass is 79.9. The topological polar surface area (TPSA) is 26.0 Å². The van der Waals surface area contributed by atoms with E-state index in [1.807, 2.05) is 0 Å². The molecule has 0 heterocycles. The summed E-state index contributed by atoms with van der Waals surface area (Å²) < 4.78 is 26.2. The molecule has 66 valence electrons. The van der Waals surface area contributed by atoms with Crippen LogP contribution in [0.3, 0.4) is 0 Å². The van der Waals surface area contributed by atoms with Gasteiger partial charge in [0.15, 0.2) is 5.82 Å². The first-order valence-electron chi connectivity index (χ1n) is 3.10. The Morgan fingerprint density at radius 1 is 1.33 bits per heavy atom. The maximum absolute atomic E-state index is 13.0. The lowest BCUT2D eigenvalue weighted by Gasteiger charge is -2.05. The lowest BCUT2D eigenvalue weighted by Crippen LogP contribution is -2.03. The molecule has 1 aromatic rings. The predicted octanol–water partition coefficient (Wildman–Crippen LogP) is 2.95. The molecule has 12 heavy (non-hydrogen) atoms. The molecule has 0 saturated heterocycles. The maximum Gasteiger partial charge on any atom is 0.152 e. The average Bonchev–Trinajstić information content (AvgIpc) is 2.01. The van der Waals surface area contributed by atoms with Gasteiger partial charge in [0.2, 0.25) is 0 Å². The van der Waals surface area contributed by atoms with Crippen molar-refractivity contribution in [2.45, 2.75) is 6.54 Å². The third kappa shape index (κ3) is 1.67. The fraction of sp³-hybridized carbons (Fsp3) is 0.143. The van der Waals surface area contributed by atoms with Crippen LogP contribution in [0.4, 0.5) is 8.78 Å². The Labute approximate surface area is 85.2 Å². The van der Waals surface area contributed by atoms with Gasteiger partial charge in [-0.2, -0.15) is 0 Å². The summed E-state index contributed by atoms with van der Waals surface area (Å²) in [6.07, 6.45) is 0. The van der Waals surface area contributed by atoms with Gasteiger partial charge in [-0.1, -0.05) is 0 Å².